The second-order valence-electron chi connectivity index (χ2n) is 4.89. The summed E-state index contributed by atoms with van der Waals surface area (Å²) in [6.07, 6.45) is 0.521. The zero-order chi connectivity index (χ0) is 15.8. The van der Waals surface area contributed by atoms with Gasteiger partial charge in [-0.2, -0.15) is 4.31 Å². The van der Waals surface area contributed by atoms with Crippen LogP contribution in [0, 0.1) is 6.92 Å². The lowest BCUT2D eigenvalue weighted by Crippen LogP contribution is -2.38. The normalized spacial score (nSPS) is 17.8. The third-order valence-electron chi connectivity index (χ3n) is 3.35. The Morgan fingerprint density at radius 2 is 2.05 bits per heavy atom. The number of carboxylic acids is 1. The van der Waals surface area contributed by atoms with E-state index >= 15 is 0 Å². The Balaban J connectivity index is 2.45. The molecule has 7 nitrogen and oxygen atoms in total. The Bertz CT molecular complexity index is 680. The smallest absolute Gasteiger partial charge is 0.347 e. The van der Waals surface area contributed by atoms with E-state index in [4.69, 9.17) is 5.11 Å². The van der Waals surface area contributed by atoms with Crippen molar-refractivity contribution < 1.29 is 23.1 Å². The van der Waals surface area contributed by atoms with Gasteiger partial charge in [-0.05, 0) is 24.3 Å². The van der Waals surface area contributed by atoms with Crippen molar-refractivity contribution in [1.29, 1.82) is 0 Å². The Labute approximate surface area is 126 Å². The number of hydrogen-bond donors (Lipinski definition) is 1. The number of nitrogens with zero attached hydrogens (tertiary/aromatic N) is 2. The first kappa shape index (κ1) is 15.9. The summed E-state index contributed by atoms with van der Waals surface area (Å²) in [6.45, 7) is 1.99. The number of carboxylic acid groups (broad SMARTS) is 1. The Kier molecular flexibility index (Phi) is 4.35. The number of sulfonamides is 1. The van der Waals surface area contributed by atoms with Crippen molar-refractivity contribution in [2.24, 2.45) is 0 Å². The molecule has 1 aliphatic heterocycles. The van der Waals surface area contributed by atoms with Crippen LogP contribution >= 0.6 is 11.3 Å². The maximum atomic E-state index is 12.7. The molecule has 0 radical (unpaired) electrons. The molecule has 0 atom stereocenters. The Morgan fingerprint density at radius 1 is 1.38 bits per heavy atom. The molecule has 2 rings (SSSR count). The van der Waals surface area contributed by atoms with Crippen molar-refractivity contribution in [3.8, 4) is 0 Å². The van der Waals surface area contributed by atoms with Crippen molar-refractivity contribution in [3.63, 3.8) is 0 Å². The average molecular weight is 332 g/mol. The summed E-state index contributed by atoms with van der Waals surface area (Å²) in [5, 5.41) is 10.6. The quantitative estimate of drug-likeness (QED) is 0.875. The molecule has 0 unspecified atom stereocenters. The third kappa shape index (κ3) is 2.94. The van der Waals surface area contributed by atoms with Gasteiger partial charge >= 0.3 is 5.97 Å². The van der Waals surface area contributed by atoms with Gasteiger partial charge in [-0.25, -0.2) is 13.2 Å². The van der Waals surface area contributed by atoms with Gasteiger partial charge in [-0.1, -0.05) is 0 Å². The SMILES string of the molecule is Cc1csc(C(=O)O)c1S(=O)(=O)N1CCCN(C)C(=O)C1. The molecular weight excluding hydrogens is 316 g/mol. The van der Waals surface area contributed by atoms with Crippen LogP contribution in [-0.2, 0) is 14.8 Å². The van der Waals surface area contributed by atoms with E-state index in [1.165, 1.54) is 10.3 Å². The van der Waals surface area contributed by atoms with Gasteiger partial charge in [0.1, 0.15) is 9.77 Å². The molecule has 1 saturated heterocycles. The standard InChI is InChI=1S/C12H16N2O5S2/c1-8-7-20-10(12(16)17)11(8)21(18,19)14-5-3-4-13(2)9(15)6-14/h7H,3-6H2,1-2H3,(H,16,17). The third-order valence-corrected chi connectivity index (χ3v) is 6.60. The summed E-state index contributed by atoms with van der Waals surface area (Å²) in [5.41, 5.74) is 0.391. The monoisotopic (exact) mass is 332 g/mol. The molecule has 9 heteroatoms. The Hall–Kier alpha value is -1.45. The lowest BCUT2D eigenvalue weighted by atomic mass is 10.3. The summed E-state index contributed by atoms with van der Waals surface area (Å²) in [7, 11) is -2.37. The first-order valence-corrected chi connectivity index (χ1v) is 8.62. The van der Waals surface area contributed by atoms with Crippen LogP contribution in [0.15, 0.2) is 10.3 Å². The van der Waals surface area contributed by atoms with E-state index in [0.29, 0.717) is 18.5 Å². The van der Waals surface area contributed by atoms with Crippen LogP contribution in [0.25, 0.3) is 0 Å². The van der Waals surface area contributed by atoms with Crippen LogP contribution in [0.4, 0.5) is 0 Å². The van der Waals surface area contributed by atoms with E-state index in [1.54, 1.807) is 14.0 Å². The number of amides is 1. The highest BCUT2D eigenvalue weighted by Crippen LogP contribution is 2.30. The minimum Gasteiger partial charge on any atom is -0.477 e. The van der Waals surface area contributed by atoms with Crippen molar-refractivity contribution in [1.82, 2.24) is 9.21 Å². The fourth-order valence-corrected chi connectivity index (χ4v) is 5.21. The summed E-state index contributed by atoms with van der Waals surface area (Å²) in [6, 6.07) is 0. The predicted octanol–water partition coefficient (Wildman–Crippen LogP) is 0.608. The maximum absolute atomic E-state index is 12.7. The van der Waals surface area contributed by atoms with Gasteiger partial charge in [0.05, 0.1) is 6.54 Å². The number of thiophene rings is 1. The summed E-state index contributed by atoms with van der Waals surface area (Å²) in [4.78, 5) is 24.1. The molecular formula is C12H16N2O5S2. The summed E-state index contributed by atoms with van der Waals surface area (Å²) in [5.74, 6) is -1.56. The van der Waals surface area contributed by atoms with Crippen LogP contribution in [0.1, 0.15) is 21.7 Å². The molecule has 0 aromatic carbocycles. The maximum Gasteiger partial charge on any atom is 0.347 e. The molecule has 0 bridgehead atoms. The molecule has 1 aromatic rings. The number of aryl methyl sites for hydroxylation is 1. The topological polar surface area (TPSA) is 95.0 Å². The largest absolute Gasteiger partial charge is 0.477 e. The zero-order valence-electron chi connectivity index (χ0n) is 11.7. The van der Waals surface area contributed by atoms with Gasteiger partial charge in [0, 0.05) is 20.1 Å². The average Bonchev–Trinajstić information content (AvgIpc) is 2.71. The van der Waals surface area contributed by atoms with Gasteiger partial charge < -0.3 is 10.0 Å². The second-order valence-corrected chi connectivity index (χ2v) is 7.64. The van der Waals surface area contributed by atoms with Crippen LogP contribution in [0.5, 0.6) is 0 Å². The molecule has 0 spiro atoms. The molecule has 1 amide bonds. The van der Waals surface area contributed by atoms with Gasteiger partial charge in [-0.15, -0.1) is 11.3 Å². The number of carbonyl (C=O) groups is 2. The lowest BCUT2D eigenvalue weighted by molar-refractivity contribution is -0.129. The molecule has 0 aliphatic carbocycles. The number of likely N-dealkylation sites (N-methyl/N-ethyl adjacent to an activating group) is 1. The van der Waals surface area contributed by atoms with Crippen molar-refractivity contribution in [2.75, 3.05) is 26.7 Å². The summed E-state index contributed by atoms with van der Waals surface area (Å²) >= 11 is 0.881. The summed E-state index contributed by atoms with van der Waals surface area (Å²) < 4.78 is 26.5. The second kappa shape index (κ2) is 5.74. The van der Waals surface area contributed by atoms with E-state index in [0.717, 1.165) is 15.6 Å². The lowest BCUT2D eigenvalue weighted by Gasteiger charge is -2.20. The van der Waals surface area contributed by atoms with Crippen LogP contribution in [0.2, 0.25) is 0 Å². The number of rotatable bonds is 3. The van der Waals surface area contributed by atoms with Crippen molar-refractivity contribution in [3.05, 3.63) is 15.8 Å². The van der Waals surface area contributed by atoms with E-state index in [2.05, 4.69) is 0 Å². The van der Waals surface area contributed by atoms with Gasteiger partial charge in [0.2, 0.25) is 15.9 Å². The Morgan fingerprint density at radius 3 is 2.67 bits per heavy atom. The fourth-order valence-electron chi connectivity index (χ4n) is 2.20. The molecule has 116 valence electrons. The molecule has 0 saturated carbocycles. The van der Waals surface area contributed by atoms with Crippen molar-refractivity contribution in [2.45, 2.75) is 18.2 Å². The zero-order valence-corrected chi connectivity index (χ0v) is 13.3. The molecule has 1 aliphatic rings. The van der Waals surface area contributed by atoms with Crippen molar-refractivity contribution >= 4 is 33.2 Å². The van der Waals surface area contributed by atoms with E-state index in [9.17, 15) is 18.0 Å². The van der Waals surface area contributed by atoms with Gasteiger partial charge in [-0.3, -0.25) is 4.79 Å². The molecule has 21 heavy (non-hydrogen) atoms. The fraction of sp³-hybridized carbons (Fsp3) is 0.500. The molecule has 1 aromatic heterocycles. The van der Waals surface area contributed by atoms with E-state index in [1.807, 2.05) is 0 Å². The minimum atomic E-state index is -3.99. The first-order valence-electron chi connectivity index (χ1n) is 6.30. The number of aromatic carboxylic acids is 1. The first-order chi connectivity index (χ1) is 9.75. The highest BCUT2D eigenvalue weighted by molar-refractivity contribution is 7.89. The van der Waals surface area contributed by atoms with Gasteiger partial charge in [0.25, 0.3) is 0 Å². The van der Waals surface area contributed by atoms with E-state index in [-0.39, 0.29) is 28.8 Å². The minimum absolute atomic E-state index is 0.197. The van der Waals surface area contributed by atoms with Gasteiger partial charge in [0.15, 0.2) is 0 Å². The molecule has 2 heterocycles. The van der Waals surface area contributed by atoms with Crippen LogP contribution in [-0.4, -0.2) is 61.3 Å². The van der Waals surface area contributed by atoms with E-state index < -0.39 is 16.0 Å². The number of hydrogen-bond acceptors (Lipinski definition) is 5. The predicted molar refractivity (Wildman–Crippen MR) is 77.0 cm³/mol. The highest BCUT2D eigenvalue weighted by Gasteiger charge is 2.34. The number of carbonyl (C=O) groups excluding carboxylic acids is 1. The van der Waals surface area contributed by atoms with Crippen LogP contribution in [0.3, 0.4) is 0 Å². The molecule has 1 fully saturated rings. The molecule has 1 N–H and O–H groups in total. The highest BCUT2D eigenvalue weighted by atomic mass is 32.2. The van der Waals surface area contributed by atoms with Crippen LogP contribution < -0.4 is 0 Å².